The van der Waals surface area contributed by atoms with Crippen LogP contribution in [0.15, 0.2) is 17.0 Å². The average Bonchev–Trinajstić information content (AvgIpc) is 2.79. The predicted molar refractivity (Wildman–Crippen MR) is 81.3 cm³/mol. The first-order valence-electron chi connectivity index (χ1n) is 6.54. The predicted octanol–water partition coefficient (Wildman–Crippen LogP) is 0.365. The summed E-state index contributed by atoms with van der Waals surface area (Å²) < 4.78 is 23.3. The van der Waals surface area contributed by atoms with Crippen molar-refractivity contribution >= 4 is 21.4 Å². The summed E-state index contributed by atoms with van der Waals surface area (Å²) >= 11 is 0. The molecule has 1 heterocycles. The van der Waals surface area contributed by atoms with Crippen molar-refractivity contribution in [2.24, 2.45) is 5.14 Å². The van der Waals surface area contributed by atoms with Gasteiger partial charge in [0.15, 0.2) is 0 Å². The van der Waals surface area contributed by atoms with Crippen molar-refractivity contribution in [2.45, 2.75) is 24.3 Å². The van der Waals surface area contributed by atoms with E-state index in [0.717, 1.165) is 25.2 Å². The number of nitrogen functional groups attached to an aromatic ring is 1. The number of hydrogen-bond acceptors (Lipinski definition) is 5. The van der Waals surface area contributed by atoms with E-state index in [1.54, 1.807) is 6.92 Å². The number of rotatable bonds is 3. The molecule has 0 amide bonds. The lowest BCUT2D eigenvalue weighted by Crippen LogP contribution is -2.31. The minimum Gasteiger partial charge on any atom is -0.399 e. The Morgan fingerprint density at radius 2 is 2.00 bits per heavy atom. The van der Waals surface area contributed by atoms with Crippen LogP contribution in [0.1, 0.15) is 12.0 Å². The van der Waals surface area contributed by atoms with Crippen molar-refractivity contribution in [1.82, 2.24) is 4.90 Å². The molecule has 0 aliphatic carbocycles. The number of nitrogens with two attached hydrogens (primary N) is 2. The topological polar surface area (TPSA) is 92.7 Å². The molecule has 0 bridgehead atoms. The summed E-state index contributed by atoms with van der Waals surface area (Å²) in [6, 6.07) is 3.71. The van der Waals surface area contributed by atoms with Crippen LogP contribution in [-0.4, -0.2) is 46.5 Å². The van der Waals surface area contributed by atoms with Gasteiger partial charge < -0.3 is 15.5 Å². The largest absolute Gasteiger partial charge is 0.399 e. The molecular formula is C13H22N4O2S. The van der Waals surface area contributed by atoms with Gasteiger partial charge in [-0.3, -0.25) is 0 Å². The highest BCUT2D eigenvalue weighted by Crippen LogP contribution is 2.31. The zero-order chi connectivity index (χ0) is 15.1. The van der Waals surface area contributed by atoms with E-state index in [9.17, 15) is 8.42 Å². The third kappa shape index (κ3) is 2.89. The number of likely N-dealkylation sites (N-methyl/N-ethyl adjacent to an activating group) is 1. The van der Waals surface area contributed by atoms with Crippen LogP contribution in [0.25, 0.3) is 0 Å². The van der Waals surface area contributed by atoms with Crippen LogP contribution in [0.5, 0.6) is 0 Å². The van der Waals surface area contributed by atoms with Crippen LogP contribution in [0.3, 0.4) is 0 Å². The molecule has 1 aliphatic rings. The van der Waals surface area contributed by atoms with E-state index in [2.05, 4.69) is 23.9 Å². The first-order valence-corrected chi connectivity index (χ1v) is 8.09. The van der Waals surface area contributed by atoms with E-state index in [1.165, 1.54) is 6.07 Å². The highest BCUT2D eigenvalue weighted by atomic mass is 32.2. The van der Waals surface area contributed by atoms with Gasteiger partial charge >= 0.3 is 0 Å². The van der Waals surface area contributed by atoms with E-state index in [4.69, 9.17) is 10.9 Å². The smallest absolute Gasteiger partial charge is 0.238 e. The van der Waals surface area contributed by atoms with E-state index < -0.39 is 10.0 Å². The van der Waals surface area contributed by atoms with Gasteiger partial charge in [0.1, 0.15) is 0 Å². The second kappa shape index (κ2) is 5.23. The lowest BCUT2D eigenvalue weighted by Gasteiger charge is -2.24. The lowest BCUT2D eigenvalue weighted by atomic mass is 10.1. The number of sulfonamides is 1. The number of anilines is 2. The summed E-state index contributed by atoms with van der Waals surface area (Å²) in [5.41, 5.74) is 7.78. The van der Waals surface area contributed by atoms with E-state index in [1.807, 2.05) is 6.07 Å². The van der Waals surface area contributed by atoms with Gasteiger partial charge in [-0.05, 0) is 45.1 Å². The molecule has 7 heteroatoms. The molecule has 1 aromatic carbocycles. The molecule has 1 unspecified atom stereocenters. The first-order chi connectivity index (χ1) is 9.20. The van der Waals surface area contributed by atoms with Crippen LogP contribution in [-0.2, 0) is 10.0 Å². The van der Waals surface area contributed by atoms with Gasteiger partial charge in [-0.2, -0.15) is 0 Å². The Hall–Kier alpha value is -1.31. The monoisotopic (exact) mass is 298 g/mol. The molecule has 0 aromatic heterocycles. The van der Waals surface area contributed by atoms with Crippen LogP contribution in [0.4, 0.5) is 11.4 Å². The van der Waals surface area contributed by atoms with Crippen molar-refractivity contribution in [3.8, 4) is 0 Å². The molecule has 1 aromatic rings. The second-order valence-electron chi connectivity index (χ2n) is 5.56. The standard InChI is InChI=1S/C13H22N4O2S/c1-9-12(17-5-4-11(8-17)16(2)3)6-10(14)7-13(9)20(15,18)19/h6-7,11H,4-5,8,14H2,1-3H3,(H2,15,18,19). The van der Waals surface area contributed by atoms with Crippen molar-refractivity contribution in [2.75, 3.05) is 37.8 Å². The third-order valence-electron chi connectivity index (χ3n) is 3.90. The zero-order valence-electron chi connectivity index (χ0n) is 12.1. The van der Waals surface area contributed by atoms with Crippen molar-refractivity contribution in [1.29, 1.82) is 0 Å². The summed E-state index contributed by atoms with van der Waals surface area (Å²) in [7, 11) is 0.348. The summed E-state index contributed by atoms with van der Waals surface area (Å²) in [5.74, 6) is 0. The van der Waals surface area contributed by atoms with Gasteiger partial charge in [0.05, 0.1) is 4.90 Å². The van der Waals surface area contributed by atoms with Gasteiger partial charge in [0, 0.05) is 30.5 Å². The Balaban J connectivity index is 2.41. The van der Waals surface area contributed by atoms with Crippen LogP contribution >= 0.6 is 0 Å². The molecule has 1 aliphatic heterocycles. The van der Waals surface area contributed by atoms with Crippen molar-refractivity contribution in [3.63, 3.8) is 0 Å². The molecule has 0 spiro atoms. The number of hydrogen-bond donors (Lipinski definition) is 2. The van der Waals surface area contributed by atoms with Crippen molar-refractivity contribution in [3.05, 3.63) is 17.7 Å². The molecule has 4 N–H and O–H groups in total. The maximum Gasteiger partial charge on any atom is 0.238 e. The number of primary sulfonamides is 1. The van der Waals surface area contributed by atoms with Crippen LogP contribution in [0.2, 0.25) is 0 Å². The quantitative estimate of drug-likeness (QED) is 0.786. The molecule has 1 saturated heterocycles. The Labute approximate surface area is 120 Å². The molecule has 20 heavy (non-hydrogen) atoms. The first kappa shape index (κ1) is 15.1. The van der Waals surface area contributed by atoms with Crippen LogP contribution in [0, 0.1) is 6.92 Å². The number of benzene rings is 1. The summed E-state index contributed by atoms with van der Waals surface area (Å²) in [6.45, 7) is 3.52. The van der Waals surface area contributed by atoms with Gasteiger partial charge in [-0.1, -0.05) is 0 Å². The molecule has 0 radical (unpaired) electrons. The summed E-state index contributed by atoms with van der Waals surface area (Å²) in [5, 5.41) is 5.26. The normalized spacial score (nSPS) is 19.9. The zero-order valence-corrected chi connectivity index (χ0v) is 12.9. The minimum atomic E-state index is -3.75. The minimum absolute atomic E-state index is 0.112. The second-order valence-corrected chi connectivity index (χ2v) is 7.09. The Kier molecular flexibility index (Phi) is 3.95. The molecule has 6 nitrogen and oxygen atoms in total. The van der Waals surface area contributed by atoms with Crippen molar-refractivity contribution < 1.29 is 8.42 Å². The average molecular weight is 298 g/mol. The van der Waals surface area contributed by atoms with E-state index in [-0.39, 0.29) is 4.90 Å². The van der Waals surface area contributed by atoms with E-state index in [0.29, 0.717) is 17.3 Å². The van der Waals surface area contributed by atoms with Gasteiger partial charge in [0.2, 0.25) is 10.0 Å². The third-order valence-corrected chi connectivity index (χ3v) is 4.93. The van der Waals surface area contributed by atoms with Gasteiger partial charge in [0.25, 0.3) is 0 Å². The van der Waals surface area contributed by atoms with E-state index >= 15 is 0 Å². The molecule has 2 rings (SSSR count). The fourth-order valence-corrected chi connectivity index (χ4v) is 3.53. The Bertz CT molecular complexity index is 613. The van der Waals surface area contributed by atoms with Gasteiger partial charge in [-0.15, -0.1) is 0 Å². The Morgan fingerprint density at radius 3 is 2.50 bits per heavy atom. The molecule has 0 saturated carbocycles. The summed E-state index contributed by atoms with van der Waals surface area (Å²) in [4.78, 5) is 4.47. The fourth-order valence-electron chi connectivity index (χ4n) is 2.70. The summed E-state index contributed by atoms with van der Waals surface area (Å²) in [6.07, 6.45) is 1.05. The maximum absolute atomic E-state index is 11.6. The van der Waals surface area contributed by atoms with Crippen LogP contribution < -0.4 is 15.8 Å². The number of nitrogens with zero attached hydrogens (tertiary/aromatic N) is 2. The fraction of sp³-hybridized carbons (Fsp3) is 0.538. The Morgan fingerprint density at radius 1 is 1.35 bits per heavy atom. The molecule has 1 atom stereocenters. The highest BCUT2D eigenvalue weighted by molar-refractivity contribution is 7.89. The molecule has 112 valence electrons. The SMILES string of the molecule is Cc1c(N2CCC(N(C)C)C2)cc(N)cc1S(N)(=O)=O. The molecular weight excluding hydrogens is 276 g/mol. The molecule has 1 fully saturated rings. The highest BCUT2D eigenvalue weighted by Gasteiger charge is 2.27. The van der Waals surface area contributed by atoms with Gasteiger partial charge in [-0.25, -0.2) is 13.6 Å². The maximum atomic E-state index is 11.6. The lowest BCUT2D eigenvalue weighted by molar-refractivity contribution is 0.315.